The Bertz CT molecular complexity index is 1080. The maximum absolute atomic E-state index is 13.0. The first-order chi connectivity index (χ1) is 11.6. The van der Waals surface area contributed by atoms with Crippen LogP contribution >= 0.6 is 11.3 Å². The molecule has 4 aromatic rings. The molecule has 0 unspecified atom stereocenters. The van der Waals surface area contributed by atoms with Gasteiger partial charge in [0.15, 0.2) is 5.76 Å². The lowest BCUT2D eigenvalue weighted by Crippen LogP contribution is -2.20. The Morgan fingerprint density at radius 2 is 2.00 bits per heavy atom. The summed E-state index contributed by atoms with van der Waals surface area (Å²) >= 11 is 1.55. The Kier molecular flexibility index (Phi) is 3.54. The summed E-state index contributed by atoms with van der Waals surface area (Å²) in [7, 11) is 0. The minimum Gasteiger partial charge on any atom is -0.359 e. The topological polar surface area (TPSA) is 60.9 Å². The first-order valence-electron chi connectivity index (χ1n) is 7.59. The molecule has 0 amide bonds. The van der Waals surface area contributed by atoms with Crippen LogP contribution in [0.2, 0.25) is 0 Å². The highest BCUT2D eigenvalue weighted by Gasteiger charge is 2.17. The molecule has 6 heteroatoms. The van der Waals surface area contributed by atoms with Gasteiger partial charge in [0, 0.05) is 16.5 Å². The smallest absolute Gasteiger partial charge is 0.263 e. The van der Waals surface area contributed by atoms with E-state index in [1.165, 1.54) is 0 Å². The zero-order valence-corrected chi connectivity index (χ0v) is 14.1. The van der Waals surface area contributed by atoms with E-state index in [4.69, 9.17) is 4.52 Å². The van der Waals surface area contributed by atoms with Crippen LogP contribution in [0.5, 0.6) is 0 Å². The minimum atomic E-state index is -0.0581. The van der Waals surface area contributed by atoms with Crippen molar-refractivity contribution in [3.05, 3.63) is 69.4 Å². The Morgan fingerprint density at radius 3 is 2.71 bits per heavy atom. The summed E-state index contributed by atoms with van der Waals surface area (Å²) in [6.45, 7) is 4.21. The zero-order chi connectivity index (χ0) is 16.7. The molecule has 5 nitrogen and oxygen atoms in total. The van der Waals surface area contributed by atoms with Crippen molar-refractivity contribution in [3.63, 3.8) is 0 Å². The predicted molar refractivity (Wildman–Crippen MR) is 94.4 cm³/mol. The molecule has 0 saturated carbocycles. The number of hydrogen-bond acceptors (Lipinski definition) is 5. The molecule has 0 aliphatic heterocycles. The summed E-state index contributed by atoms with van der Waals surface area (Å²) in [6, 6.07) is 11.8. The number of aromatic nitrogens is 3. The molecule has 0 atom stereocenters. The molecular formula is C18H15N3O2S. The second kappa shape index (κ2) is 5.72. The van der Waals surface area contributed by atoms with Crippen LogP contribution in [0.25, 0.3) is 21.3 Å². The number of fused-ring (bicyclic) bond motifs is 1. The number of nitrogens with zero attached hydrogens (tertiary/aromatic N) is 3. The maximum atomic E-state index is 13.0. The van der Waals surface area contributed by atoms with Crippen molar-refractivity contribution in [2.75, 3.05) is 0 Å². The van der Waals surface area contributed by atoms with Crippen molar-refractivity contribution in [1.82, 2.24) is 14.7 Å². The first-order valence-corrected chi connectivity index (χ1v) is 8.41. The van der Waals surface area contributed by atoms with Crippen molar-refractivity contribution >= 4 is 21.6 Å². The second-order valence-electron chi connectivity index (χ2n) is 5.69. The third-order valence-electron chi connectivity index (χ3n) is 3.92. The lowest BCUT2D eigenvalue weighted by molar-refractivity contribution is 0.371. The molecule has 0 aliphatic rings. The van der Waals surface area contributed by atoms with Gasteiger partial charge in [0.25, 0.3) is 5.56 Å². The van der Waals surface area contributed by atoms with Gasteiger partial charge >= 0.3 is 0 Å². The van der Waals surface area contributed by atoms with E-state index < -0.39 is 0 Å². The van der Waals surface area contributed by atoms with Crippen molar-refractivity contribution in [3.8, 4) is 11.1 Å². The summed E-state index contributed by atoms with van der Waals surface area (Å²) in [5.74, 6) is 0.643. The van der Waals surface area contributed by atoms with Crippen LogP contribution in [0.15, 0.2) is 52.0 Å². The van der Waals surface area contributed by atoms with Gasteiger partial charge in [-0.05, 0) is 19.4 Å². The van der Waals surface area contributed by atoms with Crippen molar-refractivity contribution < 1.29 is 4.52 Å². The summed E-state index contributed by atoms with van der Waals surface area (Å²) in [5.41, 5.74) is 2.74. The monoisotopic (exact) mass is 337 g/mol. The fourth-order valence-electron chi connectivity index (χ4n) is 2.86. The number of benzene rings is 1. The Morgan fingerprint density at radius 1 is 1.21 bits per heavy atom. The van der Waals surface area contributed by atoms with Crippen molar-refractivity contribution in [2.45, 2.75) is 20.4 Å². The summed E-state index contributed by atoms with van der Waals surface area (Å²) in [4.78, 5) is 19.3. The van der Waals surface area contributed by atoms with E-state index in [1.54, 1.807) is 22.2 Å². The average molecular weight is 337 g/mol. The second-order valence-corrected chi connectivity index (χ2v) is 6.89. The van der Waals surface area contributed by atoms with Gasteiger partial charge in [-0.15, -0.1) is 11.3 Å². The van der Waals surface area contributed by atoms with E-state index in [0.717, 1.165) is 26.5 Å². The third-order valence-corrected chi connectivity index (χ3v) is 4.93. The molecular weight excluding hydrogens is 322 g/mol. The van der Waals surface area contributed by atoms with Crippen LogP contribution < -0.4 is 5.56 Å². The van der Waals surface area contributed by atoms with Gasteiger partial charge < -0.3 is 4.52 Å². The first kappa shape index (κ1) is 14.8. The van der Waals surface area contributed by atoms with Gasteiger partial charge in [-0.25, -0.2) is 4.98 Å². The fourth-order valence-corrected chi connectivity index (χ4v) is 3.86. The fraction of sp³-hybridized carbons (Fsp3) is 0.167. The predicted octanol–water partition coefficient (Wildman–Crippen LogP) is 3.78. The molecule has 0 spiro atoms. The van der Waals surface area contributed by atoms with Crippen LogP contribution in [-0.2, 0) is 6.54 Å². The molecule has 0 N–H and O–H groups in total. The van der Waals surface area contributed by atoms with Gasteiger partial charge in [0.2, 0.25) is 0 Å². The van der Waals surface area contributed by atoms with Crippen molar-refractivity contribution in [1.29, 1.82) is 0 Å². The van der Waals surface area contributed by atoms with Gasteiger partial charge in [0.05, 0.1) is 24.0 Å². The highest BCUT2D eigenvalue weighted by Crippen LogP contribution is 2.35. The lowest BCUT2D eigenvalue weighted by Gasteiger charge is -2.04. The number of thiophene rings is 1. The largest absolute Gasteiger partial charge is 0.359 e. The van der Waals surface area contributed by atoms with Crippen LogP contribution in [-0.4, -0.2) is 14.7 Å². The van der Waals surface area contributed by atoms with Gasteiger partial charge in [0.1, 0.15) is 4.83 Å². The standard InChI is InChI=1S/C18H15N3O2S/c1-11-8-14(23-20-11)9-21-10-19-17-16(18(21)22)15(12(2)24-17)13-6-4-3-5-7-13/h3-8,10H,9H2,1-2H3. The zero-order valence-electron chi connectivity index (χ0n) is 13.3. The van der Waals surface area contributed by atoms with Crippen LogP contribution in [0.4, 0.5) is 0 Å². The number of hydrogen-bond donors (Lipinski definition) is 0. The third kappa shape index (κ3) is 2.45. The Balaban J connectivity index is 1.90. The Hall–Kier alpha value is -2.73. The molecule has 3 heterocycles. The highest BCUT2D eigenvalue weighted by molar-refractivity contribution is 7.19. The maximum Gasteiger partial charge on any atom is 0.263 e. The van der Waals surface area contributed by atoms with Gasteiger partial charge in [-0.2, -0.15) is 0 Å². The van der Waals surface area contributed by atoms with Crippen molar-refractivity contribution in [2.24, 2.45) is 0 Å². The summed E-state index contributed by atoms with van der Waals surface area (Å²) in [5, 5.41) is 4.53. The highest BCUT2D eigenvalue weighted by atomic mass is 32.1. The molecule has 0 fully saturated rings. The number of aryl methyl sites for hydroxylation is 2. The molecule has 120 valence electrons. The molecule has 0 bridgehead atoms. The molecule has 1 aromatic carbocycles. The van der Waals surface area contributed by atoms with E-state index in [-0.39, 0.29) is 5.56 Å². The molecule has 3 aromatic heterocycles. The summed E-state index contributed by atoms with van der Waals surface area (Å²) in [6.07, 6.45) is 1.58. The average Bonchev–Trinajstić information content (AvgIpc) is 3.14. The minimum absolute atomic E-state index is 0.0581. The van der Waals surface area contributed by atoms with E-state index in [1.807, 2.05) is 50.2 Å². The molecule has 0 aliphatic carbocycles. The van der Waals surface area contributed by atoms with E-state index in [9.17, 15) is 4.79 Å². The Labute approximate surface area is 142 Å². The van der Waals surface area contributed by atoms with E-state index in [0.29, 0.717) is 17.7 Å². The normalized spacial score (nSPS) is 11.2. The molecule has 0 saturated heterocycles. The number of rotatable bonds is 3. The van der Waals surface area contributed by atoms with Crippen LogP contribution in [0, 0.1) is 13.8 Å². The molecule has 0 radical (unpaired) electrons. The molecule has 4 rings (SSSR count). The van der Waals surface area contributed by atoms with Gasteiger partial charge in [-0.1, -0.05) is 35.5 Å². The van der Waals surface area contributed by atoms with Gasteiger partial charge in [-0.3, -0.25) is 9.36 Å². The molecule has 24 heavy (non-hydrogen) atoms. The van der Waals surface area contributed by atoms with E-state index in [2.05, 4.69) is 10.1 Å². The van der Waals surface area contributed by atoms with E-state index >= 15 is 0 Å². The SMILES string of the molecule is Cc1cc(Cn2cnc3sc(C)c(-c4ccccc4)c3c2=O)on1. The van der Waals surface area contributed by atoms with Crippen LogP contribution in [0.3, 0.4) is 0 Å². The summed E-state index contributed by atoms with van der Waals surface area (Å²) < 4.78 is 6.79. The van der Waals surface area contributed by atoms with Crippen LogP contribution in [0.1, 0.15) is 16.3 Å². The quantitative estimate of drug-likeness (QED) is 0.571. The lowest BCUT2D eigenvalue weighted by atomic mass is 10.0.